The van der Waals surface area contributed by atoms with Crippen molar-refractivity contribution in [1.82, 2.24) is 15.1 Å². The van der Waals surface area contributed by atoms with Gasteiger partial charge in [0, 0.05) is 36.0 Å². The van der Waals surface area contributed by atoms with Gasteiger partial charge in [0.2, 0.25) is 0 Å². The predicted octanol–water partition coefficient (Wildman–Crippen LogP) is 2.54. The third kappa shape index (κ3) is 3.94. The molecule has 122 valence electrons. The minimum Gasteiger partial charge on any atom is -0.352 e. The summed E-state index contributed by atoms with van der Waals surface area (Å²) in [4.78, 5) is 22.6. The summed E-state index contributed by atoms with van der Waals surface area (Å²) in [7, 11) is 0. The molecule has 7 heteroatoms. The molecule has 2 aromatic rings. The summed E-state index contributed by atoms with van der Waals surface area (Å²) in [6.07, 6.45) is 0.738. The van der Waals surface area contributed by atoms with E-state index in [9.17, 15) is 14.9 Å². The number of nitro benzene ring substituents is 1. The first kappa shape index (κ1) is 16.7. The molecule has 1 N–H and O–H groups in total. The predicted molar refractivity (Wildman–Crippen MR) is 86.5 cm³/mol. The first-order valence-electron chi connectivity index (χ1n) is 7.43. The monoisotopic (exact) mass is 316 g/mol. The molecule has 1 heterocycles. The van der Waals surface area contributed by atoms with Gasteiger partial charge in [0.25, 0.3) is 11.6 Å². The maximum atomic E-state index is 12.2. The van der Waals surface area contributed by atoms with Gasteiger partial charge in [-0.05, 0) is 39.3 Å². The van der Waals surface area contributed by atoms with Crippen molar-refractivity contribution in [2.24, 2.45) is 0 Å². The van der Waals surface area contributed by atoms with E-state index in [0.29, 0.717) is 24.2 Å². The first-order chi connectivity index (χ1) is 10.9. The van der Waals surface area contributed by atoms with Gasteiger partial charge in [-0.15, -0.1) is 0 Å². The lowest BCUT2D eigenvalue weighted by atomic mass is 10.1. The highest BCUT2D eigenvalue weighted by atomic mass is 16.6. The fourth-order valence-electron chi connectivity index (χ4n) is 2.49. The SMILES string of the molecule is Cc1cc(C)n(CCCNC(=O)c2cccc([N+](=O)[O-])c2C)n1. The Morgan fingerprint density at radius 3 is 2.70 bits per heavy atom. The molecule has 2 rings (SSSR count). The van der Waals surface area contributed by atoms with Crippen LogP contribution in [-0.2, 0) is 6.54 Å². The Bertz CT molecular complexity index is 737. The van der Waals surface area contributed by atoms with Crippen LogP contribution in [0.15, 0.2) is 24.3 Å². The fourth-order valence-corrected chi connectivity index (χ4v) is 2.49. The topological polar surface area (TPSA) is 90.1 Å². The van der Waals surface area contributed by atoms with Gasteiger partial charge >= 0.3 is 0 Å². The smallest absolute Gasteiger partial charge is 0.273 e. The lowest BCUT2D eigenvalue weighted by molar-refractivity contribution is -0.385. The van der Waals surface area contributed by atoms with Crippen LogP contribution in [0, 0.1) is 30.9 Å². The molecule has 0 fully saturated rings. The van der Waals surface area contributed by atoms with Crippen molar-refractivity contribution in [2.75, 3.05) is 6.54 Å². The van der Waals surface area contributed by atoms with Gasteiger partial charge < -0.3 is 5.32 Å². The van der Waals surface area contributed by atoms with E-state index in [4.69, 9.17) is 0 Å². The number of aromatic nitrogens is 2. The standard InChI is InChI=1S/C16H20N4O3/c1-11-10-12(2)19(18-11)9-5-8-17-16(21)14-6-4-7-15(13(14)3)20(22)23/h4,6-7,10H,5,8-9H2,1-3H3,(H,17,21). The lowest BCUT2D eigenvalue weighted by Crippen LogP contribution is -2.26. The molecule has 0 saturated carbocycles. The Hall–Kier alpha value is -2.70. The number of amides is 1. The molecule has 0 spiro atoms. The molecule has 23 heavy (non-hydrogen) atoms. The van der Waals surface area contributed by atoms with Crippen LogP contribution in [0.2, 0.25) is 0 Å². The fraction of sp³-hybridized carbons (Fsp3) is 0.375. The number of carbonyl (C=O) groups excluding carboxylic acids is 1. The third-order valence-electron chi connectivity index (χ3n) is 3.68. The van der Waals surface area contributed by atoms with Crippen LogP contribution in [0.3, 0.4) is 0 Å². The number of hydrogen-bond acceptors (Lipinski definition) is 4. The van der Waals surface area contributed by atoms with Crippen LogP contribution in [0.25, 0.3) is 0 Å². The summed E-state index contributed by atoms with van der Waals surface area (Å²) in [6, 6.07) is 6.52. The first-order valence-corrected chi connectivity index (χ1v) is 7.43. The second-order valence-corrected chi connectivity index (χ2v) is 5.47. The van der Waals surface area contributed by atoms with Gasteiger partial charge in [0.15, 0.2) is 0 Å². The molecule has 0 bridgehead atoms. The van der Waals surface area contributed by atoms with Gasteiger partial charge in [-0.3, -0.25) is 19.6 Å². The Morgan fingerprint density at radius 1 is 1.35 bits per heavy atom. The Balaban J connectivity index is 1.92. The van der Waals surface area contributed by atoms with Crippen molar-refractivity contribution >= 4 is 11.6 Å². The maximum absolute atomic E-state index is 12.2. The summed E-state index contributed by atoms with van der Waals surface area (Å²) in [5.41, 5.74) is 2.74. The van der Waals surface area contributed by atoms with E-state index >= 15 is 0 Å². The van der Waals surface area contributed by atoms with Crippen LogP contribution in [0.4, 0.5) is 5.69 Å². The Kier molecular flexibility index (Phi) is 5.10. The van der Waals surface area contributed by atoms with Gasteiger partial charge in [0.1, 0.15) is 0 Å². The van der Waals surface area contributed by atoms with E-state index < -0.39 is 4.92 Å². The zero-order valence-electron chi connectivity index (χ0n) is 13.5. The average Bonchev–Trinajstić information content (AvgIpc) is 2.81. The van der Waals surface area contributed by atoms with Crippen molar-refractivity contribution in [1.29, 1.82) is 0 Å². The number of nitrogens with zero attached hydrogens (tertiary/aromatic N) is 3. The molecular formula is C16H20N4O3. The zero-order valence-corrected chi connectivity index (χ0v) is 13.5. The Morgan fingerprint density at radius 2 is 2.09 bits per heavy atom. The van der Waals surface area contributed by atoms with Gasteiger partial charge in [-0.25, -0.2) is 0 Å². The van der Waals surface area contributed by atoms with Crippen LogP contribution in [0.5, 0.6) is 0 Å². The number of nitro groups is 1. The van der Waals surface area contributed by atoms with Crippen molar-refractivity contribution in [3.8, 4) is 0 Å². The van der Waals surface area contributed by atoms with E-state index in [1.807, 2.05) is 24.6 Å². The van der Waals surface area contributed by atoms with E-state index in [2.05, 4.69) is 10.4 Å². The highest BCUT2D eigenvalue weighted by Crippen LogP contribution is 2.20. The highest BCUT2D eigenvalue weighted by molar-refractivity contribution is 5.96. The zero-order chi connectivity index (χ0) is 17.0. The van der Waals surface area contributed by atoms with Crippen LogP contribution in [0.1, 0.15) is 33.7 Å². The van der Waals surface area contributed by atoms with E-state index in [-0.39, 0.29) is 11.6 Å². The number of nitrogens with one attached hydrogen (secondary N) is 1. The van der Waals surface area contributed by atoms with Crippen LogP contribution < -0.4 is 5.32 Å². The lowest BCUT2D eigenvalue weighted by Gasteiger charge is -2.08. The van der Waals surface area contributed by atoms with E-state index in [1.54, 1.807) is 13.0 Å². The van der Waals surface area contributed by atoms with Gasteiger partial charge in [0.05, 0.1) is 10.6 Å². The van der Waals surface area contributed by atoms with Crippen molar-refractivity contribution in [2.45, 2.75) is 33.7 Å². The minimum atomic E-state index is -0.477. The molecule has 7 nitrogen and oxygen atoms in total. The second-order valence-electron chi connectivity index (χ2n) is 5.47. The summed E-state index contributed by atoms with van der Waals surface area (Å²) in [6.45, 7) is 6.72. The number of benzene rings is 1. The molecule has 0 aliphatic rings. The molecule has 0 aliphatic carbocycles. The van der Waals surface area contributed by atoms with Gasteiger partial charge in [-0.1, -0.05) is 6.07 Å². The maximum Gasteiger partial charge on any atom is 0.273 e. The largest absolute Gasteiger partial charge is 0.352 e. The molecule has 0 unspecified atom stereocenters. The van der Waals surface area contributed by atoms with Crippen molar-refractivity contribution in [3.63, 3.8) is 0 Å². The molecule has 0 radical (unpaired) electrons. The quantitative estimate of drug-likeness (QED) is 0.504. The minimum absolute atomic E-state index is 0.0414. The Labute approximate surface area is 134 Å². The highest BCUT2D eigenvalue weighted by Gasteiger charge is 2.17. The normalized spacial score (nSPS) is 10.6. The molecule has 1 aromatic carbocycles. The molecular weight excluding hydrogens is 296 g/mol. The van der Waals surface area contributed by atoms with Gasteiger partial charge in [-0.2, -0.15) is 5.10 Å². The summed E-state index contributed by atoms with van der Waals surface area (Å²) < 4.78 is 1.90. The molecule has 0 saturated heterocycles. The van der Waals surface area contributed by atoms with Crippen LogP contribution in [-0.4, -0.2) is 27.2 Å². The van der Waals surface area contributed by atoms with Crippen molar-refractivity contribution in [3.05, 3.63) is 56.9 Å². The molecule has 0 atom stereocenters. The number of rotatable bonds is 6. The molecule has 0 aliphatic heterocycles. The second kappa shape index (κ2) is 7.04. The van der Waals surface area contributed by atoms with E-state index in [1.165, 1.54) is 12.1 Å². The molecule has 1 aromatic heterocycles. The number of carbonyl (C=O) groups is 1. The van der Waals surface area contributed by atoms with Crippen LogP contribution >= 0.6 is 0 Å². The number of hydrogen-bond donors (Lipinski definition) is 1. The number of aryl methyl sites for hydroxylation is 3. The summed E-state index contributed by atoms with van der Waals surface area (Å²) in [5, 5.41) is 18.1. The summed E-state index contributed by atoms with van der Waals surface area (Å²) in [5.74, 6) is -0.292. The summed E-state index contributed by atoms with van der Waals surface area (Å²) >= 11 is 0. The molecule has 1 amide bonds. The third-order valence-corrected chi connectivity index (χ3v) is 3.68. The van der Waals surface area contributed by atoms with E-state index in [0.717, 1.165) is 17.8 Å². The van der Waals surface area contributed by atoms with Crippen molar-refractivity contribution < 1.29 is 9.72 Å². The average molecular weight is 316 g/mol.